The van der Waals surface area contributed by atoms with Gasteiger partial charge in [-0.3, -0.25) is 28.8 Å². The molecule has 6 amide bonds. The topological polar surface area (TPSA) is 212 Å². The largest absolute Gasteiger partial charge is 0.383 e. The van der Waals surface area contributed by atoms with E-state index in [1.54, 1.807) is 19.1 Å². The lowest BCUT2D eigenvalue weighted by atomic mass is 10.0. The fourth-order valence-electron chi connectivity index (χ4n) is 4.18. The molecule has 16 nitrogen and oxygen atoms in total. The standard InChI is InChI=1S/C31H50N6O10/c1-21-18-22(28(40)36-24(30(42)34-12-16-46-4)6-8-26(38)32-10-14-44-2)20-23(19-21)29(41)37-25(31(43)35-13-17-47-5)7-9-27(39)33-11-15-45-3/h18-20,24-25H,6-17H2,1-5H3,(H,32,38)(H,33,39)(H,34,42)(H,35,43)(H,36,40)(H,37,41). The van der Waals surface area contributed by atoms with Gasteiger partial charge in [0, 0.05) is 78.6 Å². The summed E-state index contributed by atoms with van der Waals surface area (Å²) in [6.45, 7) is 3.86. The van der Waals surface area contributed by atoms with Crippen LogP contribution in [0.25, 0.3) is 0 Å². The van der Waals surface area contributed by atoms with Crippen LogP contribution in [-0.2, 0) is 38.1 Å². The number of methoxy groups -OCH3 is 4. The van der Waals surface area contributed by atoms with E-state index in [-0.39, 0.29) is 74.9 Å². The van der Waals surface area contributed by atoms with Crippen LogP contribution >= 0.6 is 0 Å². The second-order valence-corrected chi connectivity index (χ2v) is 10.5. The van der Waals surface area contributed by atoms with Crippen LogP contribution in [0, 0.1) is 6.92 Å². The maximum Gasteiger partial charge on any atom is 0.251 e. The molecule has 1 aromatic rings. The third-order valence-corrected chi connectivity index (χ3v) is 6.63. The van der Waals surface area contributed by atoms with Crippen molar-refractivity contribution in [3.8, 4) is 0 Å². The van der Waals surface area contributed by atoms with E-state index in [1.807, 2.05) is 0 Å². The van der Waals surface area contributed by atoms with E-state index >= 15 is 0 Å². The van der Waals surface area contributed by atoms with Crippen LogP contribution in [0.4, 0.5) is 0 Å². The van der Waals surface area contributed by atoms with E-state index in [2.05, 4.69) is 31.9 Å². The minimum absolute atomic E-state index is 0.0153. The Labute approximate surface area is 275 Å². The molecule has 1 aromatic carbocycles. The van der Waals surface area contributed by atoms with Crippen LogP contribution in [0.3, 0.4) is 0 Å². The van der Waals surface area contributed by atoms with Crippen LogP contribution in [-0.4, -0.2) is 129 Å². The van der Waals surface area contributed by atoms with Crippen molar-refractivity contribution < 1.29 is 47.7 Å². The number of rotatable bonds is 24. The molecule has 1 rings (SSSR count). The van der Waals surface area contributed by atoms with Crippen molar-refractivity contribution in [2.24, 2.45) is 0 Å². The maximum absolute atomic E-state index is 13.3. The number of aryl methyl sites for hydroxylation is 1. The van der Waals surface area contributed by atoms with Crippen molar-refractivity contribution in [1.29, 1.82) is 0 Å². The van der Waals surface area contributed by atoms with Crippen molar-refractivity contribution in [3.05, 3.63) is 34.9 Å². The summed E-state index contributed by atoms with van der Waals surface area (Å²) >= 11 is 0. The van der Waals surface area contributed by atoms with Crippen LogP contribution < -0.4 is 31.9 Å². The van der Waals surface area contributed by atoms with Crippen molar-refractivity contribution >= 4 is 35.4 Å². The first kappa shape index (κ1) is 40.9. The molecule has 6 N–H and O–H groups in total. The lowest BCUT2D eigenvalue weighted by Crippen LogP contribution is -2.48. The van der Waals surface area contributed by atoms with Gasteiger partial charge in [0.25, 0.3) is 11.8 Å². The normalized spacial score (nSPS) is 11.9. The highest BCUT2D eigenvalue weighted by atomic mass is 16.5. The average Bonchev–Trinajstić information content (AvgIpc) is 3.04. The van der Waals surface area contributed by atoms with E-state index in [1.165, 1.54) is 34.5 Å². The third-order valence-electron chi connectivity index (χ3n) is 6.63. The van der Waals surface area contributed by atoms with Gasteiger partial charge in [0.05, 0.1) is 26.4 Å². The number of hydrogen-bond donors (Lipinski definition) is 6. The molecule has 264 valence electrons. The van der Waals surface area contributed by atoms with Gasteiger partial charge in [-0.15, -0.1) is 0 Å². The summed E-state index contributed by atoms with van der Waals surface area (Å²) in [6, 6.07) is 2.32. The molecule has 0 saturated heterocycles. The SMILES string of the molecule is COCCNC(=O)CCC(NC(=O)c1cc(C)cc(C(=O)NC(CCC(=O)NCCOC)C(=O)NCCOC)c1)C(=O)NCCOC. The average molecular weight is 667 g/mol. The Morgan fingerprint density at radius 2 is 0.894 bits per heavy atom. The minimum atomic E-state index is -1.06. The van der Waals surface area contributed by atoms with Crippen LogP contribution in [0.1, 0.15) is 52.0 Å². The highest BCUT2D eigenvalue weighted by Crippen LogP contribution is 2.12. The third kappa shape index (κ3) is 17.4. The Morgan fingerprint density at radius 1 is 0.553 bits per heavy atom. The first-order valence-electron chi connectivity index (χ1n) is 15.3. The van der Waals surface area contributed by atoms with Gasteiger partial charge in [-0.2, -0.15) is 0 Å². The van der Waals surface area contributed by atoms with Gasteiger partial charge >= 0.3 is 0 Å². The number of nitrogens with one attached hydrogen (secondary N) is 6. The number of carbonyl (C=O) groups is 6. The van der Waals surface area contributed by atoms with Gasteiger partial charge in [0.15, 0.2) is 0 Å². The van der Waals surface area contributed by atoms with Crippen molar-refractivity contribution in [2.45, 2.75) is 44.7 Å². The van der Waals surface area contributed by atoms with Crippen LogP contribution in [0.5, 0.6) is 0 Å². The molecule has 0 radical (unpaired) electrons. The van der Waals surface area contributed by atoms with Crippen molar-refractivity contribution in [1.82, 2.24) is 31.9 Å². The number of carbonyl (C=O) groups excluding carboxylic acids is 6. The van der Waals surface area contributed by atoms with E-state index in [0.717, 1.165) is 0 Å². The summed E-state index contributed by atoms with van der Waals surface area (Å²) in [4.78, 5) is 76.9. The number of benzene rings is 1. The smallest absolute Gasteiger partial charge is 0.251 e. The maximum atomic E-state index is 13.3. The minimum Gasteiger partial charge on any atom is -0.383 e. The lowest BCUT2D eigenvalue weighted by molar-refractivity contribution is -0.125. The monoisotopic (exact) mass is 666 g/mol. The van der Waals surface area contributed by atoms with Gasteiger partial charge in [-0.05, 0) is 43.5 Å². The predicted molar refractivity (Wildman–Crippen MR) is 172 cm³/mol. The summed E-state index contributed by atoms with van der Waals surface area (Å²) in [6.07, 6.45) is -0.0407. The molecule has 0 heterocycles. The molecular formula is C31H50N6O10. The number of amides is 6. The zero-order valence-corrected chi connectivity index (χ0v) is 28.0. The second kappa shape index (κ2) is 24.1. The van der Waals surface area contributed by atoms with E-state index in [4.69, 9.17) is 18.9 Å². The summed E-state index contributed by atoms with van der Waals surface area (Å²) in [5.41, 5.74) is 0.751. The first-order chi connectivity index (χ1) is 22.6. The van der Waals surface area contributed by atoms with Crippen molar-refractivity contribution in [2.75, 3.05) is 81.0 Å². The van der Waals surface area contributed by atoms with Crippen molar-refractivity contribution in [3.63, 3.8) is 0 Å². The molecule has 0 aliphatic carbocycles. The quantitative estimate of drug-likeness (QED) is 0.0726. The summed E-state index contributed by atoms with van der Waals surface area (Å²) in [5, 5.41) is 16.0. The molecule has 0 aliphatic rings. The second-order valence-electron chi connectivity index (χ2n) is 10.5. The molecule has 0 bridgehead atoms. The molecule has 0 fully saturated rings. The Hall–Kier alpha value is -4.12. The van der Waals surface area contributed by atoms with Gasteiger partial charge < -0.3 is 50.8 Å². The molecule has 16 heteroatoms. The Bertz CT molecular complexity index is 1080. The van der Waals surface area contributed by atoms with E-state index in [9.17, 15) is 28.8 Å². The van der Waals surface area contributed by atoms with Crippen LogP contribution in [0.2, 0.25) is 0 Å². The molecule has 0 saturated carbocycles. The first-order valence-corrected chi connectivity index (χ1v) is 15.3. The molecule has 0 aromatic heterocycles. The Morgan fingerprint density at radius 3 is 1.23 bits per heavy atom. The van der Waals surface area contributed by atoms with Crippen LogP contribution in [0.15, 0.2) is 18.2 Å². The summed E-state index contributed by atoms with van der Waals surface area (Å²) < 4.78 is 19.8. The van der Waals surface area contributed by atoms with E-state index < -0.39 is 35.7 Å². The summed E-state index contributed by atoms with van der Waals surface area (Å²) in [7, 11) is 5.99. The summed E-state index contributed by atoms with van der Waals surface area (Å²) in [5.74, 6) is -2.91. The van der Waals surface area contributed by atoms with Gasteiger partial charge in [-0.1, -0.05) is 0 Å². The highest BCUT2D eigenvalue weighted by molar-refractivity contribution is 6.02. The zero-order chi connectivity index (χ0) is 35.0. The molecule has 2 unspecified atom stereocenters. The zero-order valence-electron chi connectivity index (χ0n) is 28.0. The van der Waals surface area contributed by atoms with Gasteiger partial charge in [0.1, 0.15) is 12.1 Å². The lowest BCUT2D eigenvalue weighted by Gasteiger charge is -2.20. The predicted octanol–water partition coefficient (Wildman–Crippen LogP) is -1.20. The van der Waals surface area contributed by atoms with Gasteiger partial charge in [0.2, 0.25) is 23.6 Å². The molecule has 2 atom stereocenters. The fraction of sp³-hybridized carbons (Fsp3) is 0.613. The fourth-order valence-corrected chi connectivity index (χ4v) is 4.18. The number of hydrogen-bond acceptors (Lipinski definition) is 10. The van der Waals surface area contributed by atoms with Gasteiger partial charge in [-0.25, -0.2) is 0 Å². The van der Waals surface area contributed by atoms with E-state index in [0.29, 0.717) is 31.9 Å². The molecule has 0 aliphatic heterocycles. The highest BCUT2D eigenvalue weighted by Gasteiger charge is 2.25. The molecule has 0 spiro atoms. The Kier molecular flexibility index (Phi) is 21.0. The molecular weight excluding hydrogens is 616 g/mol. The Balaban J connectivity index is 3.08. The number of ether oxygens (including phenoxy) is 4. The molecule has 47 heavy (non-hydrogen) atoms.